The van der Waals surface area contributed by atoms with E-state index in [1.165, 1.54) is 32.1 Å². The minimum atomic E-state index is -0.508. The van der Waals surface area contributed by atoms with Gasteiger partial charge in [0, 0.05) is 32.5 Å². The smallest absolute Gasteiger partial charge is 0.305 e. The van der Waals surface area contributed by atoms with Crippen molar-refractivity contribution < 1.29 is 43.2 Å². The van der Waals surface area contributed by atoms with Gasteiger partial charge in [-0.1, -0.05) is 83.6 Å². The molecule has 0 fully saturated rings. The standard InChI is InChI=1S/C39H70O9/c1-4-7-10-13-16-19-22-29-44-36(41)25-20-21-26-37(42)47-33-35(32-40)34-48-38(43)27-28-39(45-30-23-17-14-11-8-5-2)46-31-24-18-15-12-9-6-3/h8-9,11-12,35,39-40H,4-7,10,13-34H2,1-3H3/b11-8-,12-9-. The molecule has 9 heteroatoms. The summed E-state index contributed by atoms with van der Waals surface area (Å²) >= 11 is 0. The average Bonchev–Trinajstić information content (AvgIpc) is 3.09. The number of carbonyl (C=O) groups is 3. The third kappa shape index (κ3) is 32.3. The minimum absolute atomic E-state index is 0.0428. The predicted molar refractivity (Wildman–Crippen MR) is 191 cm³/mol. The number of aliphatic hydroxyl groups excluding tert-OH is 1. The number of aliphatic hydroxyl groups is 1. The van der Waals surface area contributed by atoms with E-state index in [-0.39, 0.29) is 45.1 Å². The van der Waals surface area contributed by atoms with Gasteiger partial charge in [0.15, 0.2) is 6.29 Å². The van der Waals surface area contributed by atoms with E-state index in [2.05, 4.69) is 45.1 Å². The summed E-state index contributed by atoms with van der Waals surface area (Å²) in [6, 6.07) is 0. The molecule has 0 heterocycles. The average molecular weight is 683 g/mol. The van der Waals surface area contributed by atoms with Crippen molar-refractivity contribution in [1.29, 1.82) is 0 Å². The number of carbonyl (C=O) groups excluding carboxylic acids is 3. The van der Waals surface area contributed by atoms with E-state index in [9.17, 15) is 19.5 Å². The summed E-state index contributed by atoms with van der Waals surface area (Å²) in [5.74, 6) is -1.56. The van der Waals surface area contributed by atoms with Gasteiger partial charge in [-0.25, -0.2) is 0 Å². The van der Waals surface area contributed by atoms with Crippen LogP contribution in [-0.4, -0.2) is 68.9 Å². The van der Waals surface area contributed by atoms with Crippen LogP contribution in [-0.2, 0) is 38.1 Å². The Morgan fingerprint density at radius 2 is 1.02 bits per heavy atom. The third-order valence-corrected chi connectivity index (χ3v) is 7.77. The van der Waals surface area contributed by atoms with Crippen LogP contribution in [0.4, 0.5) is 0 Å². The zero-order valence-electron chi connectivity index (χ0n) is 30.8. The van der Waals surface area contributed by atoms with Crippen molar-refractivity contribution in [2.24, 2.45) is 5.92 Å². The van der Waals surface area contributed by atoms with Gasteiger partial charge in [0.05, 0.1) is 38.8 Å². The first kappa shape index (κ1) is 45.8. The molecule has 280 valence electrons. The van der Waals surface area contributed by atoms with Crippen LogP contribution < -0.4 is 0 Å². The van der Waals surface area contributed by atoms with Crippen LogP contribution in [0.15, 0.2) is 24.3 Å². The molecule has 0 aromatic carbocycles. The summed E-state index contributed by atoms with van der Waals surface area (Å²) in [5.41, 5.74) is 0. The molecule has 0 aromatic heterocycles. The van der Waals surface area contributed by atoms with Gasteiger partial charge in [0.2, 0.25) is 0 Å². The maximum absolute atomic E-state index is 12.5. The molecular weight excluding hydrogens is 612 g/mol. The van der Waals surface area contributed by atoms with E-state index >= 15 is 0 Å². The Hall–Kier alpha value is -2.23. The third-order valence-electron chi connectivity index (χ3n) is 7.77. The molecule has 0 saturated heterocycles. The Labute approximate surface area is 292 Å². The van der Waals surface area contributed by atoms with Gasteiger partial charge in [0.1, 0.15) is 0 Å². The molecule has 0 amide bonds. The minimum Gasteiger partial charge on any atom is -0.466 e. The molecule has 0 aromatic rings. The van der Waals surface area contributed by atoms with Gasteiger partial charge in [-0.05, 0) is 70.6 Å². The summed E-state index contributed by atoms with van der Waals surface area (Å²) < 4.78 is 27.8. The molecule has 0 spiro atoms. The van der Waals surface area contributed by atoms with Crippen molar-refractivity contribution in [3.63, 3.8) is 0 Å². The Bertz CT molecular complexity index is 787. The molecule has 0 aliphatic heterocycles. The number of rotatable bonds is 35. The topological polar surface area (TPSA) is 118 Å². The highest BCUT2D eigenvalue weighted by atomic mass is 16.7. The Kier molecular flexibility index (Phi) is 34.4. The van der Waals surface area contributed by atoms with Crippen LogP contribution in [0.5, 0.6) is 0 Å². The van der Waals surface area contributed by atoms with Crippen LogP contribution in [0.1, 0.15) is 156 Å². The maximum Gasteiger partial charge on any atom is 0.305 e. The van der Waals surface area contributed by atoms with Crippen LogP contribution >= 0.6 is 0 Å². The van der Waals surface area contributed by atoms with Crippen molar-refractivity contribution in [2.45, 2.75) is 162 Å². The predicted octanol–water partition coefficient (Wildman–Crippen LogP) is 8.95. The van der Waals surface area contributed by atoms with Gasteiger partial charge in [-0.15, -0.1) is 0 Å². The molecule has 0 saturated carbocycles. The van der Waals surface area contributed by atoms with E-state index in [0.717, 1.165) is 64.2 Å². The first-order chi connectivity index (χ1) is 23.5. The van der Waals surface area contributed by atoms with Crippen LogP contribution in [0, 0.1) is 5.92 Å². The number of esters is 3. The quantitative estimate of drug-likeness (QED) is 0.0230. The SMILES string of the molecule is CC/C=C\CCCCOC(CCC(=O)OCC(CO)COC(=O)CCCCC(=O)OCCCCCCCCC)OCCCC/C=C\CC. The maximum atomic E-state index is 12.5. The lowest BCUT2D eigenvalue weighted by atomic mass is 10.1. The van der Waals surface area contributed by atoms with Crippen molar-refractivity contribution in [3.05, 3.63) is 24.3 Å². The van der Waals surface area contributed by atoms with E-state index < -0.39 is 24.1 Å². The lowest BCUT2D eigenvalue weighted by Crippen LogP contribution is -2.25. The number of ether oxygens (including phenoxy) is 5. The van der Waals surface area contributed by atoms with E-state index in [0.29, 0.717) is 39.1 Å². The first-order valence-electron chi connectivity index (χ1n) is 19.1. The van der Waals surface area contributed by atoms with Crippen molar-refractivity contribution >= 4 is 17.9 Å². The van der Waals surface area contributed by atoms with E-state index in [1.54, 1.807) is 0 Å². The fourth-order valence-corrected chi connectivity index (χ4v) is 4.75. The van der Waals surface area contributed by atoms with Crippen molar-refractivity contribution in [2.75, 3.05) is 39.6 Å². The molecule has 0 aliphatic carbocycles. The lowest BCUT2D eigenvalue weighted by molar-refractivity contribution is -0.161. The summed E-state index contributed by atoms with van der Waals surface area (Å²) in [6.45, 7) is 7.67. The monoisotopic (exact) mass is 683 g/mol. The number of hydrogen-bond acceptors (Lipinski definition) is 9. The Morgan fingerprint density at radius 1 is 0.542 bits per heavy atom. The molecule has 0 rings (SSSR count). The highest BCUT2D eigenvalue weighted by Crippen LogP contribution is 2.12. The second-order valence-electron chi connectivity index (χ2n) is 12.4. The molecule has 9 nitrogen and oxygen atoms in total. The second-order valence-corrected chi connectivity index (χ2v) is 12.4. The molecule has 1 atom stereocenters. The van der Waals surface area contributed by atoms with Crippen LogP contribution in [0.3, 0.4) is 0 Å². The number of hydrogen-bond donors (Lipinski definition) is 1. The summed E-state index contributed by atoms with van der Waals surface area (Å²) in [6.07, 6.45) is 26.5. The highest BCUT2D eigenvalue weighted by molar-refractivity contribution is 5.70. The van der Waals surface area contributed by atoms with Crippen molar-refractivity contribution in [1.82, 2.24) is 0 Å². The largest absolute Gasteiger partial charge is 0.466 e. The highest BCUT2D eigenvalue weighted by Gasteiger charge is 2.17. The zero-order chi connectivity index (χ0) is 35.3. The fourth-order valence-electron chi connectivity index (χ4n) is 4.75. The van der Waals surface area contributed by atoms with Crippen molar-refractivity contribution in [3.8, 4) is 0 Å². The van der Waals surface area contributed by atoms with Gasteiger partial charge < -0.3 is 28.8 Å². The normalized spacial score (nSPS) is 12.3. The molecule has 1 unspecified atom stereocenters. The Balaban J connectivity index is 4.20. The number of allylic oxidation sites excluding steroid dienone is 4. The zero-order valence-corrected chi connectivity index (χ0v) is 30.8. The van der Waals surface area contributed by atoms with Crippen LogP contribution in [0.2, 0.25) is 0 Å². The molecular formula is C39H70O9. The molecule has 0 aliphatic rings. The van der Waals surface area contributed by atoms with Crippen LogP contribution in [0.25, 0.3) is 0 Å². The van der Waals surface area contributed by atoms with Gasteiger partial charge in [-0.3, -0.25) is 14.4 Å². The lowest BCUT2D eigenvalue weighted by Gasteiger charge is -2.19. The Morgan fingerprint density at radius 3 is 1.54 bits per heavy atom. The van der Waals surface area contributed by atoms with Gasteiger partial charge in [-0.2, -0.15) is 0 Å². The number of unbranched alkanes of at least 4 members (excludes halogenated alkanes) is 11. The molecule has 0 bridgehead atoms. The summed E-state index contributed by atoms with van der Waals surface area (Å²) in [4.78, 5) is 36.5. The van der Waals surface area contributed by atoms with Gasteiger partial charge >= 0.3 is 17.9 Å². The summed E-state index contributed by atoms with van der Waals surface area (Å²) in [7, 11) is 0. The molecule has 1 N–H and O–H groups in total. The summed E-state index contributed by atoms with van der Waals surface area (Å²) in [5, 5.41) is 9.69. The van der Waals surface area contributed by atoms with E-state index in [4.69, 9.17) is 23.7 Å². The van der Waals surface area contributed by atoms with E-state index in [1.807, 2.05) is 0 Å². The fraction of sp³-hybridized carbons (Fsp3) is 0.821. The van der Waals surface area contributed by atoms with Gasteiger partial charge in [0.25, 0.3) is 0 Å². The second kappa shape index (κ2) is 36.1. The molecule has 48 heavy (non-hydrogen) atoms. The molecule has 0 radical (unpaired) electrons. The first-order valence-corrected chi connectivity index (χ1v) is 19.1.